The van der Waals surface area contributed by atoms with Crippen LogP contribution in [0.25, 0.3) is 0 Å². The summed E-state index contributed by atoms with van der Waals surface area (Å²) in [7, 11) is 1.74. The minimum atomic E-state index is 0.694. The topological polar surface area (TPSA) is 39.1 Å². The molecular formula is C14H25N3O. The molecule has 1 N–H and O–H groups in total. The second-order valence-electron chi connectivity index (χ2n) is 5.32. The van der Waals surface area contributed by atoms with Crippen molar-refractivity contribution in [2.24, 2.45) is 11.8 Å². The molecule has 0 bridgehead atoms. The maximum Gasteiger partial charge on any atom is 0.159 e. The van der Waals surface area contributed by atoms with Gasteiger partial charge in [0.1, 0.15) is 0 Å². The normalized spacial score (nSPS) is 24.2. The molecule has 4 heteroatoms. The van der Waals surface area contributed by atoms with Crippen LogP contribution in [0.5, 0.6) is 5.75 Å². The van der Waals surface area contributed by atoms with Crippen LogP contribution < -0.4 is 10.1 Å². The summed E-state index contributed by atoms with van der Waals surface area (Å²) >= 11 is 0. The highest BCUT2D eigenvalue weighted by Gasteiger charge is 2.24. The third kappa shape index (κ3) is 2.86. The van der Waals surface area contributed by atoms with Gasteiger partial charge in [-0.25, -0.2) is 0 Å². The molecule has 0 spiro atoms. The van der Waals surface area contributed by atoms with E-state index in [9.17, 15) is 0 Å². The second kappa shape index (κ2) is 6.23. The van der Waals surface area contributed by atoms with Crippen molar-refractivity contribution in [3.63, 3.8) is 0 Å². The molecule has 2 atom stereocenters. The number of rotatable bonds is 5. The van der Waals surface area contributed by atoms with E-state index in [0.717, 1.165) is 44.1 Å². The highest BCUT2D eigenvalue weighted by Crippen LogP contribution is 2.27. The molecule has 0 amide bonds. The Hall–Kier alpha value is -1.03. The highest BCUT2D eigenvalue weighted by atomic mass is 16.5. The van der Waals surface area contributed by atoms with Crippen molar-refractivity contribution in [1.29, 1.82) is 0 Å². The first kappa shape index (κ1) is 13.4. The molecule has 1 aromatic heterocycles. The van der Waals surface area contributed by atoms with E-state index in [2.05, 4.69) is 28.9 Å². The van der Waals surface area contributed by atoms with Crippen LogP contribution in [-0.2, 0) is 13.0 Å². The Morgan fingerprint density at radius 1 is 1.56 bits per heavy atom. The van der Waals surface area contributed by atoms with E-state index in [-0.39, 0.29) is 0 Å². The SMILES string of the molecule is CCCn1ncc(OC)c1CC1CNCCC1C. The molecule has 1 fully saturated rings. The van der Waals surface area contributed by atoms with E-state index < -0.39 is 0 Å². The van der Waals surface area contributed by atoms with Crippen molar-refractivity contribution in [2.75, 3.05) is 20.2 Å². The van der Waals surface area contributed by atoms with E-state index in [4.69, 9.17) is 4.74 Å². The molecule has 0 aromatic carbocycles. The van der Waals surface area contributed by atoms with Crippen LogP contribution >= 0.6 is 0 Å². The van der Waals surface area contributed by atoms with Gasteiger partial charge >= 0.3 is 0 Å². The Kier molecular flexibility index (Phi) is 4.64. The molecule has 0 aliphatic carbocycles. The Morgan fingerprint density at radius 2 is 2.39 bits per heavy atom. The van der Waals surface area contributed by atoms with Crippen LogP contribution in [0.4, 0.5) is 0 Å². The van der Waals surface area contributed by atoms with Gasteiger partial charge in [0, 0.05) is 6.54 Å². The first-order valence-corrected chi connectivity index (χ1v) is 7.05. The summed E-state index contributed by atoms with van der Waals surface area (Å²) in [5.41, 5.74) is 1.26. The predicted molar refractivity (Wildman–Crippen MR) is 72.9 cm³/mol. The average Bonchev–Trinajstić information content (AvgIpc) is 2.75. The van der Waals surface area contributed by atoms with Gasteiger partial charge in [-0.15, -0.1) is 0 Å². The third-order valence-electron chi connectivity index (χ3n) is 4.01. The molecule has 2 heterocycles. The van der Waals surface area contributed by atoms with Crippen molar-refractivity contribution >= 4 is 0 Å². The molecule has 0 radical (unpaired) electrons. The second-order valence-corrected chi connectivity index (χ2v) is 5.32. The van der Waals surface area contributed by atoms with E-state index in [0.29, 0.717) is 5.92 Å². The maximum absolute atomic E-state index is 5.45. The Bertz CT molecular complexity index is 375. The molecule has 1 aliphatic heterocycles. The fraction of sp³-hybridized carbons (Fsp3) is 0.786. The standard InChI is InChI=1S/C14H25N3O/c1-4-7-17-13(14(18-3)10-16-17)8-12-9-15-6-5-11(12)2/h10-12,15H,4-9H2,1-3H3. The van der Waals surface area contributed by atoms with Crippen LogP contribution in [0, 0.1) is 11.8 Å². The van der Waals surface area contributed by atoms with Crippen molar-refractivity contribution in [2.45, 2.75) is 39.7 Å². The largest absolute Gasteiger partial charge is 0.493 e. The van der Waals surface area contributed by atoms with Crippen LogP contribution in [-0.4, -0.2) is 30.0 Å². The van der Waals surface area contributed by atoms with Gasteiger partial charge in [-0.3, -0.25) is 4.68 Å². The first-order valence-electron chi connectivity index (χ1n) is 7.05. The zero-order chi connectivity index (χ0) is 13.0. The smallest absolute Gasteiger partial charge is 0.159 e. The predicted octanol–water partition coefficient (Wildman–Crippen LogP) is 2.09. The van der Waals surface area contributed by atoms with E-state index in [1.165, 1.54) is 12.1 Å². The highest BCUT2D eigenvalue weighted by molar-refractivity contribution is 5.25. The molecule has 1 saturated heterocycles. The van der Waals surface area contributed by atoms with Gasteiger partial charge in [-0.1, -0.05) is 13.8 Å². The van der Waals surface area contributed by atoms with E-state index in [1.807, 2.05) is 6.20 Å². The van der Waals surface area contributed by atoms with Crippen molar-refractivity contribution < 1.29 is 4.74 Å². The van der Waals surface area contributed by atoms with Crippen LogP contribution in [0.1, 0.15) is 32.4 Å². The quantitative estimate of drug-likeness (QED) is 0.871. The number of methoxy groups -OCH3 is 1. The van der Waals surface area contributed by atoms with Gasteiger partial charge in [0.2, 0.25) is 0 Å². The lowest BCUT2D eigenvalue weighted by molar-refractivity contribution is 0.265. The molecule has 2 rings (SSSR count). The van der Waals surface area contributed by atoms with Crippen molar-refractivity contribution in [3.8, 4) is 5.75 Å². The van der Waals surface area contributed by atoms with E-state index in [1.54, 1.807) is 7.11 Å². The van der Waals surface area contributed by atoms with Gasteiger partial charge in [0.15, 0.2) is 5.75 Å². The maximum atomic E-state index is 5.45. The van der Waals surface area contributed by atoms with Gasteiger partial charge < -0.3 is 10.1 Å². The summed E-state index contributed by atoms with van der Waals surface area (Å²) < 4.78 is 7.56. The lowest BCUT2D eigenvalue weighted by Crippen LogP contribution is -2.36. The number of nitrogens with zero attached hydrogens (tertiary/aromatic N) is 2. The Balaban J connectivity index is 2.12. The molecule has 18 heavy (non-hydrogen) atoms. The molecule has 1 aromatic rings. The lowest BCUT2D eigenvalue weighted by atomic mass is 9.84. The fourth-order valence-corrected chi connectivity index (χ4v) is 2.75. The number of ether oxygens (including phenoxy) is 1. The molecular weight excluding hydrogens is 226 g/mol. The number of aromatic nitrogens is 2. The van der Waals surface area contributed by atoms with E-state index >= 15 is 0 Å². The Morgan fingerprint density at radius 3 is 3.06 bits per heavy atom. The van der Waals surface area contributed by atoms with Crippen molar-refractivity contribution in [1.82, 2.24) is 15.1 Å². The Labute approximate surface area is 110 Å². The average molecular weight is 251 g/mol. The molecule has 4 nitrogen and oxygen atoms in total. The van der Waals surface area contributed by atoms with Crippen molar-refractivity contribution in [3.05, 3.63) is 11.9 Å². The van der Waals surface area contributed by atoms with Gasteiger partial charge in [0.05, 0.1) is 19.0 Å². The lowest BCUT2D eigenvalue weighted by Gasteiger charge is -2.29. The minimum Gasteiger partial charge on any atom is -0.493 e. The van der Waals surface area contributed by atoms with Crippen LogP contribution in [0.3, 0.4) is 0 Å². The monoisotopic (exact) mass is 251 g/mol. The summed E-state index contributed by atoms with van der Waals surface area (Å²) in [5, 5.41) is 7.93. The summed E-state index contributed by atoms with van der Waals surface area (Å²) in [6.07, 6.45) is 5.30. The van der Waals surface area contributed by atoms with Crippen LogP contribution in [0.2, 0.25) is 0 Å². The minimum absolute atomic E-state index is 0.694. The summed E-state index contributed by atoms with van der Waals surface area (Å²) in [5.74, 6) is 2.42. The fourth-order valence-electron chi connectivity index (χ4n) is 2.75. The zero-order valence-electron chi connectivity index (χ0n) is 11.8. The number of nitrogens with one attached hydrogen (secondary N) is 1. The molecule has 1 aliphatic rings. The zero-order valence-corrected chi connectivity index (χ0v) is 11.8. The first-order chi connectivity index (χ1) is 8.76. The molecule has 0 saturated carbocycles. The summed E-state index contributed by atoms with van der Waals surface area (Å²) in [6, 6.07) is 0. The van der Waals surface area contributed by atoms with Gasteiger partial charge in [-0.05, 0) is 44.2 Å². The summed E-state index contributed by atoms with van der Waals surface area (Å²) in [6.45, 7) is 7.79. The van der Waals surface area contributed by atoms with Gasteiger partial charge in [-0.2, -0.15) is 5.10 Å². The third-order valence-corrected chi connectivity index (χ3v) is 4.01. The van der Waals surface area contributed by atoms with Gasteiger partial charge in [0.25, 0.3) is 0 Å². The number of aryl methyl sites for hydroxylation is 1. The number of hydrogen-bond donors (Lipinski definition) is 1. The molecule has 102 valence electrons. The molecule has 2 unspecified atom stereocenters. The van der Waals surface area contributed by atoms with Crippen LogP contribution in [0.15, 0.2) is 6.20 Å². The number of hydrogen-bond acceptors (Lipinski definition) is 3. The number of piperidine rings is 1. The summed E-state index contributed by atoms with van der Waals surface area (Å²) in [4.78, 5) is 0.